The highest BCUT2D eigenvalue weighted by molar-refractivity contribution is 6.53. The Morgan fingerprint density at radius 2 is 1.76 bits per heavy atom. The van der Waals surface area contributed by atoms with Gasteiger partial charge in [0.05, 0.1) is 0 Å². The van der Waals surface area contributed by atoms with Crippen molar-refractivity contribution in [1.82, 2.24) is 0 Å². The van der Waals surface area contributed by atoms with E-state index in [4.69, 9.17) is 4.74 Å². The number of aryl methyl sites for hydroxylation is 1. The van der Waals surface area contributed by atoms with E-state index < -0.39 is 11.6 Å². The molecule has 1 heterocycles. The molecule has 0 amide bonds. The van der Waals surface area contributed by atoms with E-state index in [9.17, 15) is 9.59 Å². The summed E-state index contributed by atoms with van der Waals surface area (Å²) in [7, 11) is 0. The second-order valence-electron chi connectivity index (χ2n) is 4.59. The van der Waals surface area contributed by atoms with E-state index in [2.05, 4.69) is 0 Å². The van der Waals surface area contributed by atoms with Crippen molar-refractivity contribution in [1.29, 1.82) is 0 Å². The summed E-state index contributed by atoms with van der Waals surface area (Å²) in [5.74, 6) is -0.0864. The average Bonchev–Trinajstić information content (AvgIpc) is 2.61. The Bertz CT molecular complexity index is 608. The first-order valence-electron chi connectivity index (χ1n) is 5.62. The molecule has 1 unspecified atom stereocenters. The Labute approximate surface area is 99.1 Å². The zero-order chi connectivity index (χ0) is 12.3. The predicted octanol–water partition coefficient (Wildman–Crippen LogP) is 2.31. The minimum absolute atomic E-state index is 0.150. The third kappa shape index (κ3) is 1.11. The van der Waals surface area contributed by atoms with E-state index in [0.717, 1.165) is 16.7 Å². The number of carbonyl (C=O) groups is 2. The first-order valence-corrected chi connectivity index (χ1v) is 5.62. The fraction of sp³-hybridized carbons (Fsp3) is 0.286. The van der Waals surface area contributed by atoms with Crippen molar-refractivity contribution in [3.63, 3.8) is 0 Å². The van der Waals surface area contributed by atoms with E-state index >= 15 is 0 Å². The molecule has 3 heteroatoms. The van der Waals surface area contributed by atoms with Crippen molar-refractivity contribution >= 4 is 17.1 Å². The number of rotatable bonds is 0. The molecule has 1 aliphatic carbocycles. The molecule has 1 aromatic rings. The summed E-state index contributed by atoms with van der Waals surface area (Å²) in [5.41, 5.74) is 3.60. The lowest BCUT2D eigenvalue weighted by atomic mass is 9.81. The molecule has 0 spiro atoms. The van der Waals surface area contributed by atoms with Crippen molar-refractivity contribution < 1.29 is 14.3 Å². The second-order valence-corrected chi connectivity index (χ2v) is 4.59. The molecule has 2 aliphatic rings. The molecule has 1 aromatic carbocycles. The third-order valence-corrected chi connectivity index (χ3v) is 3.53. The van der Waals surface area contributed by atoms with Crippen LogP contribution in [0.1, 0.15) is 35.3 Å². The maximum absolute atomic E-state index is 12.0. The zero-order valence-electron chi connectivity index (χ0n) is 9.96. The number of hydrogen-bond donors (Lipinski definition) is 0. The van der Waals surface area contributed by atoms with Gasteiger partial charge >= 0.3 is 0 Å². The largest absolute Gasteiger partial charge is 0.485 e. The summed E-state index contributed by atoms with van der Waals surface area (Å²) in [6.45, 7) is 5.46. The van der Waals surface area contributed by atoms with Crippen LogP contribution in [0.3, 0.4) is 0 Å². The Hall–Kier alpha value is -1.90. The molecule has 0 saturated carbocycles. The first kappa shape index (κ1) is 10.3. The SMILES string of the molecule is CC1=C2c3c(ccc(C)c3C(=O)C1=O)OC2C. The van der Waals surface area contributed by atoms with Crippen molar-refractivity contribution in [2.45, 2.75) is 26.9 Å². The van der Waals surface area contributed by atoms with Crippen LogP contribution in [-0.2, 0) is 4.79 Å². The highest BCUT2D eigenvalue weighted by Gasteiger charge is 2.39. The van der Waals surface area contributed by atoms with Gasteiger partial charge in [-0.1, -0.05) is 6.07 Å². The van der Waals surface area contributed by atoms with E-state index in [1.165, 1.54) is 0 Å². The molecule has 3 nitrogen and oxygen atoms in total. The third-order valence-electron chi connectivity index (χ3n) is 3.53. The van der Waals surface area contributed by atoms with Gasteiger partial charge in [0.2, 0.25) is 11.6 Å². The first-order chi connectivity index (χ1) is 8.02. The monoisotopic (exact) mass is 228 g/mol. The number of ketones is 2. The van der Waals surface area contributed by atoms with Crippen LogP contribution in [0.25, 0.3) is 5.57 Å². The minimum atomic E-state index is -0.404. The molecule has 3 rings (SSSR count). The van der Waals surface area contributed by atoms with Crippen molar-refractivity contribution in [3.05, 3.63) is 34.4 Å². The number of ether oxygens (including phenoxy) is 1. The van der Waals surface area contributed by atoms with Crippen LogP contribution in [0, 0.1) is 6.92 Å². The quantitative estimate of drug-likeness (QED) is 0.640. The number of hydrogen-bond acceptors (Lipinski definition) is 3. The molecule has 0 bridgehead atoms. The molecule has 0 saturated heterocycles. The Morgan fingerprint density at radius 1 is 1.06 bits per heavy atom. The lowest BCUT2D eigenvalue weighted by molar-refractivity contribution is -0.111. The normalized spacial score (nSPS) is 21.7. The molecule has 17 heavy (non-hydrogen) atoms. The molecule has 0 radical (unpaired) electrons. The van der Waals surface area contributed by atoms with Gasteiger partial charge in [0, 0.05) is 22.3 Å². The molecule has 0 N–H and O–H groups in total. The number of allylic oxidation sites excluding steroid dienone is 1. The maximum Gasteiger partial charge on any atom is 0.234 e. The summed E-state index contributed by atoms with van der Waals surface area (Å²) in [4.78, 5) is 24.0. The average molecular weight is 228 g/mol. The number of carbonyl (C=O) groups excluding carboxylic acids is 2. The van der Waals surface area contributed by atoms with Gasteiger partial charge in [0.1, 0.15) is 11.9 Å². The summed E-state index contributed by atoms with van der Waals surface area (Å²) in [6.07, 6.45) is -0.150. The van der Waals surface area contributed by atoms with E-state index in [-0.39, 0.29) is 6.10 Å². The Balaban J connectivity index is 2.46. The van der Waals surface area contributed by atoms with Crippen LogP contribution in [0.15, 0.2) is 17.7 Å². The van der Waals surface area contributed by atoms with Gasteiger partial charge in [-0.2, -0.15) is 0 Å². The predicted molar refractivity (Wildman–Crippen MR) is 63.2 cm³/mol. The summed E-state index contributed by atoms with van der Waals surface area (Å²) < 4.78 is 5.69. The molecule has 1 atom stereocenters. The molecule has 86 valence electrons. The van der Waals surface area contributed by atoms with Crippen LogP contribution in [-0.4, -0.2) is 17.7 Å². The number of benzene rings is 1. The molecule has 0 aromatic heterocycles. The standard InChI is InChI=1S/C14H12O3/c1-6-4-5-9-12-10(6)14(16)13(15)7(2)11(12)8(3)17-9/h4-5,8H,1-3H3. The van der Waals surface area contributed by atoms with E-state index in [0.29, 0.717) is 16.9 Å². The second kappa shape index (κ2) is 3.06. The molecule has 0 fully saturated rings. The van der Waals surface area contributed by atoms with Gasteiger partial charge < -0.3 is 4.74 Å². The molecule has 1 aliphatic heterocycles. The van der Waals surface area contributed by atoms with Gasteiger partial charge in [-0.05, 0) is 32.4 Å². The zero-order valence-corrected chi connectivity index (χ0v) is 9.96. The minimum Gasteiger partial charge on any atom is -0.485 e. The van der Waals surface area contributed by atoms with Gasteiger partial charge in [0.25, 0.3) is 0 Å². The van der Waals surface area contributed by atoms with Gasteiger partial charge in [0.15, 0.2) is 0 Å². The van der Waals surface area contributed by atoms with Gasteiger partial charge in [-0.3, -0.25) is 9.59 Å². The Morgan fingerprint density at radius 3 is 2.47 bits per heavy atom. The van der Waals surface area contributed by atoms with Crippen LogP contribution < -0.4 is 4.74 Å². The fourth-order valence-electron chi connectivity index (χ4n) is 2.70. The van der Waals surface area contributed by atoms with Crippen molar-refractivity contribution in [2.75, 3.05) is 0 Å². The van der Waals surface area contributed by atoms with Crippen LogP contribution in [0.2, 0.25) is 0 Å². The summed E-state index contributed by atoms with van der Waals surface area (Å²) in [5, 5.41) is 0. The van der Waals surface area contributed by atoms with Crippen molar-refractivity contribution in [3.8, 4) is 5.75 Å². The van der Waals surface area contributed by atoms with E-state index in [1.807, 2.05) is 26.0 Å². The molecular weight excluding hydrogens is 216 g/mol. The van der Waals surface area contributed by atoms with Crippen LogP contribution in [0.4, 0.5) is 0 Å². The van der Waals surface area contributed by atoms with Gasteiger partial charge in [-0.15, -0.1) is 0 Å². The smallest absolute Gasteiger partial charge is 0.234 e. The van der Waals surface area contributed by atoms with Crippen LogP contribution in [0.5, 0.6) is 5.75 Å². The highest BCUT2D eigenvalue weighted by Crippen LogP contribution is 2.45. The molecular formula is C14H12O3. The Kier molecular flexibility index (Phi) is 1.85. The summed E-state index contributed by atoms with van der Waals surface area (Å²) in [6, 6.07) is 3.70. The number of Topliss-reactive ketones (excluding diaryl/α,β-unsaturated/α-hetero) is 2. The summed E-state index contributed by atoms with van der Waals surface area (Å²) >= 11 is 0. The van der Waals surface area contributed by atoms with Crippen LogP contribution >= 0.6 is 0 Å². The fourth-order valence-corrected chi connectivity index (χ4v) is 2.70. The van der Waals surface area contributed by atoms with Crippen molar-refractivity contribution in [2.24, 2.45) is 0 Å². The maximum atomic E-state index is 12.0. The lowest BCUT2D eigenvalue weighted by Gasteiger charge is -2.17. The van der Waals surface area contributed by atoms with Gasteiger partial charge in [-0.25, -0.2) is 0 Å². The van der Waals surface area contributed by atoms with E-state index in [1.54, 1.807) is 6.92 Å². The highest BCUT2D eigenvalue weighted by atomic mass is 16.5. The topological polar surface area (TPSA) is 43.4 Å². The lowest BCUT2D eigenvalue weighted by Crippen LogP contribution is -2.24.